The first kappa shape index (κ1) is 14.7. The van der Waals surface area contributed by atoms with E-state index in [1.807, 2.05) is 6.07 Å². The van der Waals surface area contributed by atoms with Crippen LogP contribution in [0.1, 0.15) is 51.1 Å². The SMILES string of the molecule is CCCCC(NCCC)c1c(F)cccc1Br. The van der Waals surface area contributed by atoms with Crippen molar-refractivity contribution in [3.05, 3.63) is 34.1 Å². The Morgan fingerprint density at radius 3 is 2.65 bits per heavy atom. The van der Waals surface area contributed by atoms with Crippen molar-refractivity contribution in [2.45, 2.75) is 45.6 Å². The van der Waals surface area contributed by atoms with Crippen molar-refractivity contribution in [1.82, 2.24) is 5.32 Å². The maximum atomic E-state index is 13.9. The summed E-state index contributed by atoms with van der Waals surface area (Å²) in [6.07, 6.45) is 4.29. The van der Waals surface area contributed by atoms with E-state index in [9.17, 15) is 4.39 Å². The van der Waals surface area contributed by atoms with Crippen LogP contribution >= 0.6 is 15.9 Å². The molecule has 0 aromatic heterocycles. The van der Waals surface area contributed by atoms with Crippen molar-refractivity contribution in [2.24, 2.45) is 0 Å². The predicted molar refractivity (Wildman–Crippen MR) is 74.7 cm³/mol. The molecule has 1 aromatic rings. The number of rotatable bonds is 7. The zero-order valence-electron chi connectivity index (χ0n) is 10.6. The van der Waals surface area contributed by atoms with E-state index >= 15 is 0 Å². The van der Waals surface area contributed by atoms with Crippen LogP contribution in [-0.2, 0) is 0 Å². The molecule has 1 atom stereocenters. The topological polar surface area (TPSA) is 12.0 Å². The Morgan fingerprint density at radius 1 is 1.29 bits per heavy atom. The molecule has 0 aliphatic carbocycles. The Bertz CT molecular complexity index is 313. The maximum Gasteiger partial charge on any atom is 0.129 e. The molecule has 0 aliphatic rings. The van der Waals surface area contributed by atoms with E-state index in [0.29, 0.717) is 0 Å². The molecule has 1 nitrogen and oxygen atoms in total. The molecule has 0 amide bonds. The third-order valence-corrected chi connectivity index (χ3v) is 3.53. The van der Waals surface area contributed by atoms with E-state index in [1.165, 1.54) is 6.07 Å². The lowest BCUT2D eigenvalue weighted by atomic mass is 10.0. The van der Waals surface area contributed by atoms with Crippen LogP contribution < -0.4 is 5.32 Å². The van der Waals surface area contributed by atoms with Gasteiger partial charge in [-0.1, -0.05) is 48.7 Å². The van der Waals surface area contributed by atoms with Crippen LogP contribution in [0.5, 0.6) is 0 Å². The second-order valence-corrected chi connectivity index (χ2v) is 5.14. The molecule has 0 radical (unpaired) electrons. The number of benzene rings is 1. The summed E-state index contributed by atoms with van der Waals surface area (Å²) in [5.41, 5.74) is 0.773. The molecule has 0 saturated heterocycles. The Hall–Kier alpha value is -0.410. The monoisotopic (exact) mass is 301 g/mol. The first-order valence-electron chi connectivity index (χ1n) is 6.38. The summed E-state index contributed by atoms with van der Waals surface area (Å²) in [5, 5.41) is 3.43. The summed E-state index contributed by atoms with van der Waals surface area (Å²) in [6.45, 7) is 5.21. The number of hydrogen-bond acceptors (Lipinski definition) is 1. The van der Waals surface area contributed by atoms with E-state index in [1.54, 1.807) is 6.07 Å². The molecular formula is C14H21BrFN. The van der Waals surface area contributed by atoms with Crippen molar-refractivity contribution >= 4 is 15.9 Å². The molecule has 0 bridgehead atoms. The highest BCUT2D eigenvalue weighted by atomic mass is 79.9. The summed E-state index contributed by atoms with van der Waals surface area (Å²) >= 11 is 3.45. The Balaban J connectivity index is 2.86. The Labute approximate surface area is 112 Å². The van der Waals surface area contributed by atoms with Gasteiger partial charge in [0, 0.05) is 16.1 Å². The van der Waals surface area contributed by atoms with Crippen LogP contribution in [0.25, 0.3) is 0 Å². The van der Waals surface area contributed by atoms with Crippen molar-refractivity contribution < 1.29 is 4.39 Å². The van der Waals surface area contributed by atoms with E-state index in [2.05, 4.69) is 35.1 Å². The normalized spacial score (nSPS) is 12.7. The quantitative estimate of drug-likeness (QED) is 0.761. The number of nitrogens with one attached hydrogen (secondary N) is 1. The smallest absolute Gasteiger partial charge is 0.129 e. The number of halogens is 2. The first-order chi connectivity index (χ1) is 8.20. The first-order valence-corrected chi connectivity index (χ1v) is 7.17. The van der Waals surface area contributed by atoms with E-state index in [0.717, 1.165) is 42.3 Å². The fourth-order valence-corrected chi connectivity index (χ4v) is 2.54. The molecule has 0 heterocycles. The molecule has 0 spiro atoms. The van der Waals surface area contributed by atoms with Gasteiger partial charge in [-0.05, 0) is 31.5 Å². The van der Waals surface area contributed by atoms with Crippen LogP contribution in [0, 0.1) is 5.82 Å². The lowest BCUT2D eigenvalue weighted by Crippen LogP contribution is -2.23. The van der Waals surface area contributed by atoms with Gasteiger partial charge in [-0.2, -0.15) is 0 Å². The van der Waals surface area contributed by atoms with Crippen LogP contribution in [0.3, 0.4) is 0 Å². The zero-order chi connectivity index (χ0) is 12.7. The molecule has 0 saturated carbocycles. The Kier molecular flexibility index (Phi) is 6.75. The van der Waals surface area contributed by atoms with Crippen LogP contribution in [0.4, 0.5) is 4.39 Å². The molecule has 96 valence electrons. The van der Waals surface area contributed by atoms with Gasteiger partial charge in [0.25, 0.3) is 0 Å². The predicted octanol–water partition coefficient (Wildman–Crippen LogP) is 4.82. The standard InChI is InChI=1S/C14H21BrFN/c1-3-5-9-13(17-10-4-2)14-11(15)7-6-8-12(14)16/h6-8,13,17H,3-5,9-10H2,1-2H3. The molecule has 1 aromatic carbocycles. The van der Waals surface area contributed by atoms with Crippen molar-refractivity contribution in [2.75, 3.05) is 6.54 Å². The summed E-state index contributed by atoms with van der Waals surface area (Å²) < 4.78 is 14.7. The average Bonchev–Trinajstić information content (AvgIpc) is 2.31. The highest BCUT2D eigenvalue weighted by Crippen LogP contribution is 2.29. The second-order valence-electron chi connectivity index (χ2n) is 4.28. The molecule has 0 fully saturated rings. The van der Waals surface area contributed by atoms with Gasteiger partial charge < -0.3 is 5.32 Å². The number of unbranched alkanes of at least 4 members (excludes halogenated alkanes) is 1. The molecular weight excluding hydrogens is 281 g/mol. The van der Waals surface area contributed by atoms with Crippen molar-refractivity contribution in [1.29, 1.82) is 0 Å². The van der Waals surface area contributed by atoms with Gasteiger partial charge >= 0.3 is 0 Å². The van der Waals surface area contributed by atoms with E-state index in [-0.39, 0.29) is 11.9 Å². The fourth-order valence-electron chi connectivity index (χ4n) is 1.92. The van der Waals surface area contributed by atoms with E-state index < -0.39 is 0 Å². The van der Waals surface area contributed by atoms with Gasteiger partial charge in [0.2, 0.25) is 0 Å². The van der Waals surface area contributed by atoms with Crippen molar-refractivity contribution in [3.8, 4) is 0 Å². The van der Waals surface area contributed by atoms with Gasteiger partial charge in [-0.25, -0.2) is 4.39 Å². The van der Waals surface area contributed by atoms with Crippen LogP contribution in [0.15, 0.2) is 22.7 Å². The van der Waals surface area contributed by atoms with Gasteiger partial charge in [-0.3, -0.25) is 0 Å². The second kappa shape index (κ2) is 7.83. The molecule has 3 heteroatoms. The highest BCUT2D eigenvalue weighted by Gasteiger charge is 2.17. The lowest BCUT2D eigenvalue weighted by Gasteiger charge is -2.20. The summed E-state index contributed by atoms with van der Waals surface area (Å²) in [4.78, 5) is 0. The molecule has 0 aliphatic heterocycles. The van der Waals surface area contributed by atoms with Gasteiger partial charge in [0.15, 0.2) is 0 Å². The third kappa shape index (κ3) is 4.40. The minimum absolute atomic E-state index is 0.116. The third-order valence-electron chi connectivity index (χ3n) is 2.84. The van der Waals surface area contributed by atoms with E-state index in [4.69, 9.17) is 0 Å². The largest absolute Gasteiger partial charge is 0.310 e. The van der Waals surface area contributed by atoms with Gasteiger partial charge in [-0.15, -0.1) is 0 Å². The minimum atomic E-state index is -0.121. The molecule has 1 N–H and O–H groups in total. The van der Waals surface area contributed by atoms with Gasteiger partial charge in [0.1, 0.15) is 5.82 Å². The molecule has 1 unspecified atom stereocenters. The minimum Gasteiger partial charge on any atom is -0.310 e. The lowest BCUT2D eigenvalue weighted by molar-refractivity contribution is 0.458. The van der Waals surface area contributed by atoms with Crippen molar-refractivity contribution in [3.63, 3.8) is 0 Å². The zero-order valence-corrected chi connectivity index (χ0v) is 12.2. The van der Waals surface area contributed by atoms with Gasteiger partial charge in [0.05, 0.1) is 0 Å². The average molecular weight is 302 g/mol. The Morgan fingerprint density at radius 2 is 2.06 bits per heavy atom. The van der Waals surface area contributed by atoms with Crippen LogP contribution in [0.2, 0.25) is 0 Å². The molecule has 17 heavy (non-hydrogen) atoms. The summed E-state index contributed by atoms with van der Waals surface area (Å²) in [7, 11) is 0. The van der Waals surface area contributed by atoms with Crippen LogP contribution in [-0.4, -0.2) is 6.54 Å². The fraction of sp³-hybridized carbons (Fsp3) is 0.571. The summed E-state index contributed by atoms with van der Waals surface area (Å²) in [6, 6.07) is 5.29. The summed E-state index contributed by atoms with van der Waals surface area (Å²) in [5.74, 6) is -0.121. The highest BCUT2D eigenvalue weighted by molar-refractivity contribution is 9.10. The maximum absolute atomic E-state index is 13.9. The number of hydrogen-bond donors (Lipinski definition) is 1. The molecule has 1 rings (SSSR count).